The number of aryl methyl sites for hydroxylation is 2. The number of nitrogens with zero attached hydrogens (tertiary/aromatic N) is 4. The van der Waals surface area contributed by atoms with Crippen molar-refractivity contribution < 1.29 is 17.8 Å². The molecule has 0 fully saturated rings. The fourth-order valence-corrected chi connectivity index (χ4v) is 2.79. The van der Waals surface area contributed by atoms with Crippen LogP contribution in [0.15, 0.2) is 45.4 Å². The number of hydrogen-bond acceptors (Lipinski definition) is 6. The summed E-state index contributed by atoms with van der Waals surface area (Å²) in [5.41, 5.74) is 2.74. The summed E-state index contributed by atoms with van der Waals surface area (Å²) in [6.07, 6.45) is 0. The molecule has 0 saturated carbocycles. The predicted octanol–water partition coefficient (Wildman–Crippen LogP) is 5.85. The van der Waals surface area contributed by atoms with Gasteiger partial charge >= 0.3 is 0 Å². The highest BCUT2D eigenvalue weighted by atomic mass is 35.5. The van der Waals surface area contributed by atoms with Crippen LogP contribution in [0.2, 0.25) is 0 Å². The third-order valence-electron chi connectivity index (χ3n) is 3.75. The molecule has 0 amide bonds. The number of benzene rings is 2. The monoisotopic (exact) mass is 452 g/mol. The van der Waals surface area contributed by atoms with E-state index in [1.807, 2.05) is 0 Å². The lowest BCUT2D eigenvalue weighted by Gasteiger charge is -1.97. The molecule has 0 atom stereocenters. The Morgan fingerprint density at radius 3 is 1.40 bits per heavy atom. The van der Waals surface area contributed by atoms with Gasteiger partial charge in [-0.05, 0) is 61.4 Å². The first-order valence-corrected chi connectivity index (χ1v) is 9.77. The van der Waals surface area contributed by atoms with Gasteiger partial charge in [0.1, 0.15) is 11.6 Å². The van der Waals surface area contributed by atoms with E-state index in [2.05, 4.69) is 20.3 Å². The maximum atomic E-state index is 13.1. The molecule has 10 heteroatoms. The molecular weight excluding hydrogens is 437 g/mol. The van der Waals surface area contributed by atoms with E-state index in [1.54, 1.807) is 26.0 Å². The van der Waals surface area contributed by atoms with Crippen molar-refractivity contribution in [2.24, 2.45) is 0 Å². The molecule has 2 aromatic heterocycles. The van der Waals surface area contributed by atoms with Crippen molar-refractivity contribution in [3.63, 3.8) is 0 Å². The van der Waals surface area contributed by atoms with Gasteiger partial charge in [-0.15, -0.1) is 23.2 Å². The lowest BCUT2D eigenvalue weighted by molar-refractivity contribution is 0.424. The summed E-state index contributed by atoms with van der Waals surface area (Å²) in [5, 5.41) is 7.26. The highest BCUT2D eigenvalue weighted by Gasteiger charge is 2.10. The smallest absolute Gasteiger partial charge is 0.258 e. The predicted molar refractivity (Wildman–Crippen MR) is 108 cm³/mol. The van der Waals surface area contributed by atoms with Crippen LogP contribution in [0, 0.1) is 25.5 Å². The third kappa shape index (κ3) is 5.61. The maximum absolute atomic E-state index is 13.1. The van der Waals surface area contributed by atoms with Gasteiger partial charge in [0.05, 0.1) is 11.8 Å². The number of rotatable bonds is 4. The van der Waals surface area contributed by atoms with Crippen molar-refractivity contribution in [3.05, 3.63) is 70.8 Å². The van der Waals surface area contributed by atoms with Crippen LogP contribution in [0.4, 0.5) is 8.78 Å². The van der Waals surface area contributed by atoms with Crippen LogP contribution in [0.25, 0.3) is 22.9 Å². The van der Waals surface area contributed by atoms with Crippen LogP contribution < -0.4 is 0 Å². The lowest BCUT2D eigenvalue weighted by Crippen LogP contribution is -1.84. The molecule has 156 valence electrons. The Balaban J connectivity index is 0.000000171. The van der Waals surface area contributed by atoms with Gasteiger partial charge in [0.2, 0.25) is 0 Å². The van der Waals surface area contributed by atoms with E-state index in [1.165, 1.54) is 24.3 Å². The van der Waals surface area contributed by atoms with Crippen molar-refractivity contribution in [1.29, 1.82) is 0 Å². The zero-order valence-corrected chi connectivity index (χ0v) is 17.5. The van der Waals surface area contributed by atoms with Crippen molar-refractivity contribution in [1.82, 2.24) is 20.3 Å². The molecule has 4 rings (SSSR count). The van der Waals surface area contributed by atoms with Gasteiger partial charge < -0.3 is 9.05 Å². The standard InChI is InChI=1S/2C10H8ClFN2O/c2*1-6-2-7(4-8(12)3-6)10-13-9(5-11)14-15-10/h2*2-4H,5H2,1H3. The highest BCUT2D eigenvalue weighted by Crippen LogP contribution is 2.21. The van der Waals surface area contributed by atoms with E-state index in [4.69, 9.17) is 32.2 Å². The molecule has 0 unspecified atom stereocenters. The van der Waals surface area contributed by atoms with Crippen molar-refractivity contribution in [2.45, 2.75) is 25.6 Å². The Kier molecular flexibility index (Phi) is 7.12. The summed E-state index contributed by atoms with van der Waals surface area (Å²) in [4.78, 5) is 8.01. The minimum absolute atomic E-state index is 0.178. The third-order valence-corrected chi connectivity index (χ3v) is 4.23. The van der Waals surface area contributed by atoms with Gasteiger partial charge in [0, 0.05) is 11.1 Å². The number of alkyl halides is 2. The van der Waals surface area contributed by atoms with Gasteiger partial charge in [0.15, 0.2) is 11.6 Å². The Bertz CT molecular complexity index is 1020. The average molecular weight is 453 g/mol. The largest absolute Gasteiger partial charge is 0.334 e. The number of halogens is 4. The number of hydrogen-bond donors (Lipinski definition) is 0. The molecule has 0 aliphatic carbocycles. The van der Waals surface area contributed by atoms with Gasteiger partial charge in [-0.1, -0.05) is 10.3 Å². The molecule has 0 bridgehead atoms. The fourth-order valence-electron chi connectivity index (χ4n) is 2.57. The SMILES string of the molecule is Cc1cc(F)cc(-c2nc(CCl)no2)c1.Cc1cc(F)cc(-c2nc(CCl)no2)c1. The van der Waals surface area contributed by atoms with Crippen LogP contribution in [0.5, 0.6) is 0 Å². The Labute approximate surface area is 180 Å². The van der Waals surface area contributed by atoms with E-state index < -0.39 is 0 Å². The average Bonchev–Trinajstić information content (AvgIpc) is 3.36. The summed E-state index contributed by atoms with van der Waals surface area (Å²) in [5.74, 6) is 1.07. The van der Waals surface area contributed by atoms with Gasteiger partial charge in [-0.3, -0.25) is 0 Å². The molecule has 2 aromatic carbocycles. The normalized spacial score (nSPS) is 10.6. The first-order chi connectivity index (χ1) is 14.4. The van der Waals surface area contributed by atoms with Gasteiger partial charge in [-0.2, -0.15) is 9.97 Å². The summed E-state index contributed by atoms with van der Waals surface area (Å²) in [6, 6.07) is 9.10. The zero-order chi connectivity index (χ0) is 21.7. The van der Waals surface area contributed by atoms with E-state index in [0.29, 0.717) is 22.8 Å². The van der Waals surface area contributed by atoms with Gasteiger partial charge in [0.25, 0.3) is 11.8 Å². The molecule has 0 radical (unpaired) electrons. The maximum Gasteiger partial charge on any atom is 0.258 e. The molecule has 0 saturated heterocycles. The second kappa shape index (κ2) is 9.77. The molecule has 0 spiro atoms. The minimum Gasteiger partial charge on any atom is -0.334 e. The van der Waals surface area contributed by atoms with Crippen molar-refractivity contribution in [3.8, 4) is 22.9 Å². The zero-order valence-electron chi connectivity index (χ0n) is 16.0. The summed E-state index contributed by atoms with van der Waals surface area (Å²) >= 11 is 11.1. The van der Waals surface area contributed by atoms with E-state index in [9.17, 15) is 8.78 Å². The van der Waals surface area contributed by atoms with Gasteiger partial charge in [-0.25, -0.2) is 8.78 Å². The van der Waals surface area contributed by atoms with Crippen LogP contribution in [0.1, 0.15) is 22.8 Å². The Morgan fingerprint density at radius 2 is 1.10 bits per heavy atom. The van der Waals surface area contributed by atoms with Crippen LogP contribution in [-0.2, 0) is 11.8 Å². The van der Waals surface area contributed by atoms with Crippen molar-refractivity contribution in [2.75, 3.05) is 0 Å². The lowest BCUT2D eigenvalue weighted by atomic mass is 10.1. The minimum atomic E-state index is -0.323. The molecular formula is C20H16Cl2F2N4O2. The molecule has 0 aliphatic heterocycles. The Morgan fingerprint density at radius 1 is 0.700 bits per heavy atom. The van der Waals surface area contributed by atoms with Crippen LogP contribution in [-0.4, -0.2) is 20.3 Å². The van der Waals surface area contributed by atoms with E-state index in [0.717, 1.165) is 11.1 Å². The molecule has 30 heavy (non-hydrogen) atoms. The Hall–Kier alpha value is -2.84. The summed E-state index contributed by atoms with van der Waals surface area (Å²) < 4.78 is 36.1. The topological polar surface area (TPSA) is 77.8 Å². The molecule has 4 aromatic rings. The van der Waals surface area contributed by atoms with Crippen LogP contribution in [0.3, 0.4) is 0 Å². The molecule has 0 aliphatic rings. The first-order valence-electron chi connectivity index (χ1n) is 8.70. The van der Waals surface area contributed by atoms with Crippen molar-refractivity contribution >= 4 is 23.2 Å². The summed E-state index contributed by atoms with van der Waals surface area (Å²) in [7, 11) is 0. The quantitative estimate of drug-likeness (QED) is 0.361. The molecule has 0 N–H and O–H groups in total. The molecule has 6 nitrogen and oxygen atoms in total. The second-order valence-electron chi connectivity index (χ2n) is 6.33. The van der Waals surface area contributed by atoms with E-state index >= 15 is 0 Å². The highest BCUT2D eigenvalue weighted by molar-refractivity contribution is 6.16. The summed E-state index contributed by atoms with van der Waals surface area (Å²) in [6.45, 7) is 3.59. The van der Waals surface area contributed by atoms with E-state index in [-0.39, 0.29) is 35.2 Å². The number of aromatic nitrogens is 4. The fraction of sp³-hybridized carbons (Fsp3) is 0.200. The van der Waals surface area contributed by atoms with Crippen LogP contribution >= 0.6 is 23.2 Å². The second-order valence-corrected chi connectivity index (χ2v) is 6.87. The molecule has 2 heterocycles. The first kappa shape index (κ1) is 21.9.